The van der Waals surface area contributed by atoms with Crippen LogP contribution in [0.5, 0.6) is 0 Å². The van der Waals surface area contributed by atoms with E-state index in [-0.39, 0.29) is 5.91 Å². The fourth-order valence-electron chi connectivity index (χ4n) is 2.07. The van der Waals surface area contributed by atoms with Crippen molar-refractivity contribution < 1.29 is 9.59 Å². The molecule has 0 radical (unpaired) electrons. The van der Waals surface area contributed by atoms with Crippen molar-refractivity contribution in [3.8, 4) is 0 Å². The van der Waals surface area contributed by atoms with Crippen molar-refractivity contribution in [1.82, 2.24) is 4.90 Å². The van der Waals surface area contributed by atoms with Crippen LogP contribution in [0.4, 0.5) is 0 Å². The summed E-state index contributed by atoms with van der Waals surface area (Å²) in [5, 5.41) is 0. The van der Waals surface area contributed by atoms with Crippen LogP contribution in [0.2, 0.25) is 0 Å². The van der Waals surface area contributed by atoms with Crippen molar-refractivity contribution >= 4 is 11.7 Å². The van der Waals surface area contributed by atoms with Gasteiger partial charge in [-0.25, -0.2) is 0 Å². The highest BCUT2D eigenvalue weighted by molar-refractivity contribution is 5.87. The maximum Gasteiger partial charge on any atom is 0.222 e. The zero-order valence-corrected chi connectivity index (χ0v) is 7.79. The van der Waals surface area contributed by atoms with Gasteiger partial charge in [0, 0.05) is 32.4 Å². The molecule has 0 aromatic carbocycles. The Kier molecular flexibility index (Phi) is 2.34. The normalized spacial score (nSPS) is 23.4. The topological polar surface area (TPSA) is 37.4 Å². The molecule has 0 aromatic heterocycles. The molecule has 0 N–H and O–H groups in total. The zero-order chi connectivity index (χ0) is 9.26. The molecule has 3 nitrogen and oxygen atoms in total. The lowest BCUT2D eigenvalue weighted by Gasteiger charge is -2.25. The maximum atomic E-state index is 11.6. The number of carbonyl (C=O) groups excluding carboxylic acids is 2. The first-order valence-electron chi connectivity index (χ1n) is 5.05. The third-order valence-electron chi connectivity index (χ3n) is 2.95. The van der Waals surface area contributed by atoms with Gasteiger partial charge in [-0.1, -0.05) is 0 Å². The van der Waals surface area contributed by atoms with Crippen LogP contribution in [-0.4, -0.2) is 29.7 Å². The van der Waals surface area contributed by atoms with E-state index in [1.165, 1.54) is 0 Å². The molecular weight excluding hydrogens is 166 g/mol. The molecule has 0 unspecified atom stereocenters. The molecule has 1 heterocycles. The molecule has 1 saturated heterocycles. The molecule has 2 rings (SSSR count). The monoisotopic (exact) mass is 181 g/mol. The van der Waals surface area contributed by atoms with Gasteiger partial charge in [0.1, 0.15) is 5.78 Å². The summed E-state index contributed by atoms with van der Waals surface area (Å²) in [7, 11) is 0. The number of hydrogen-bond acceptors (Lipinski definition) is 2. The van der Waals surface area contributed by atoms with Crippen molar-refractivity contribution in [1.29, 1.82) is 0 Å². The maximum absolute atomic E-state index is 11.6. The predicted molar refractivity (Wildman–Crippen MR) is 48.2 cm³/mol. The van der Waals surface area contributed by atoms with E-state index in [4.69, 9.17) is 0 Å². The summed E-state index contributed by atoms with van der Waals surface area (Å²) in [4.78, 5) is 24.2. The Bertz CT molecular complexity index is 223. The number of amides is 1. The molecule has 3 heteroatoms. The average molecular weight is 181 g/mol. The summed E-state index contributed by atoms with van der Waals surface area (Å²) in [6.45, 7) is 1.86. The summed E-state index contributed by atoms with van der Waals surface area (Å²) in [5.74, 6) is 0.940. The summed E-state index contributed by atoms with van der Waals surface area (Å²) in [5.41, 5.74) is 0. The second-order valence-electron chi connectivity index (χ2n) is 4.10. The summed E-state index contributed by atoms with van der Waals surface area (Å²) < 4.78 is 0. The van der Waals surface area contributed by atoms with E-state index in [0.29, 0.717) is 31.0 Å². The van der Waals surface area contributed by atoms with E-state index in [1.54, 1.807) is 0 Å². The van der Waals surface area contributed by atoms with Crippen molar-refractivity contribution in [3.05, 3.63) is 0 Å². The summed E-state index contributed by atoms with van der Waals surface area (Å²) in [6.07, 6.45) is 4.18. The van der Waals surface area contributed by atoms with Gasteiger partial charge in [-0.2, -0.15) is 0 Å². The van der Waals surface area contributed by atoms with E-state index < -0.39 is 0 Å². The minimum Gasteiger partial charge on any atom is -0.343 e. The highest BCUT2D eigenvalue weighted by atomic mass is 16.2. The molecule has 1 amide bonds. The molecule has 0 bridgehead atoms. The van der Waals surface area contributed by atoms with Crippen LogP contribution in [0.3, 0.4) is 0 Å². The lowest BCUT2D eigenvalue weighted by molar-refractivity contribution is -0.134. The third-order valence-corrected chi connectivity index (χ3v) is 2.95. The smallest absolute Gasteiger partial charge is 0.222 e. The minimum absolute atomic E-state index is 0.259. The lowest BCUT2D eigenvalue weighted by atomic mass is 9.81. The number of rotatable bonds is 2. The van der Waals surface area contributed by atoms with Crippen LogP contribution in [0.25, 0.3) is 0 Å². The standard InChI is InChI=1S/C10H15NO2/c12-9-5-8(6-9)7-10(13)11-3-1-2-4-11/h8H,1-7H2. The van der Waals surface area contributed by atoms with Gasteiger partial charge in [0.2, 0.25) is 5.91 Å². The Morgan fingerprint density at radius 2 is 1.92 bits per heavy atom. The molecule has 2 aliphatic rings. The van der Waals surface area contributed by atoms with Crippen LogP contribution < -0.4 is 0 Å². The van der Waals surface area contributed by atoms with E-state index in [0.717, 1.165) is 25.9 Å². The lowest BCUT2D eigenvalue weighted by Crippen LogP contribution is -2.33. The second kappa shape index (κ2) is 3.48. The molecule has 0 atom stereocenters. The SMILES string of the molecule is O=C1CC(CC(=O)N2CCCC2)C1. The van der Waals surface area contributed by atoms with Crippen molar-refractivity contribution in [2.75, 3.05) is 13.1 Å². The Morgan fingerprint density at radius 3 is 2.46 bits per heavy atom. The fourth-order valence-corrected chi connectivity index (χ4v) is 2.07. The van der Waals surface area contributed by atoms with Gasteiger partial charge >= 0.3 is 0 Å². The Balaban J connectivity index is 1.74. The molecular formula is C10H15NO2. The van der Waals surface area contributed by atoms with Crippen LogP contribution >= 0.6 is 0 Å². The van der Waals surface area contributed by atoms with Crippen molar-refractivity contribution in [3.63, 3.8) is 0 Å². The van der Waals surface area contributed by atoms with Gasteiger partial charge in [-0.15, -0.1) is 0 Å². The van der Waals surface area contributed by atoms with Crippen molar-refractivity contribution in [2.45, 2.75) is 32.1 Å². The van der Waals surface area contributed by atoms with Gasteiger partial charge in [0.25, 0.3) is 0 Å². The summed E-state index contributed by atoms with van der Waals surface area (Å²) in [6, 6.07) is 0. The number of hydrogen-bond donors (Lipinski definition) is 0. The minimum atomic E-state index is 0.259. The van der Waals surface area contributed by atoms with Gasteiger partial charge < -0.3 is 4.90 Å². The van der Waals surface area contributed by atoms with Gasteiger partial charge in [-0.3, -0.25) is 9.59 Å². The molecule has 72 valence electrons. The van der Waals surface area contributed by atoms with Crippen LogP contribution in [-0.2, 0) is 9.59 Å². The van der Waals surface area contributed by atoms with Gasteiger partial charge in [0.05, 0.1) is 0 Å². The highest BCUT2D eigenvalue weighted by Gasteiger charge is 2.30. The molecule has 0 spiro atoms. The Labute approximate surface area is 78.1 Å². The number of carbonyl (C=O) groups is 2. The zero-order valence-electron chi connectivity index (χ0n) is 7.79. The predicted octanol–water partition coefficient (Wildman–Crippen LogP) is 0.978. The molecule has 0 aromatic rings. The molecule has 2 fully saturated rings. The van der Waals surface area contributed by atoms with E-state index in [2.05, 4.69) is 0 Å². The van der Waals surface area contributed by atoms with E-state index in [1.807, 2.05) is 4.90 Å². The molecule has 1 saturated carbocycles. The van der Waals surface area contributed by atoms with Gasteiger partial charge in [-0.05, 0) is 18.8 Å². The number of ketones is 1. The first-order valence-corrected chi connectivity index (χ1v) is 5.05. The van der Waals surface area contributed by atoms with E-state index >= 15 is 0 Å². The third kappa shape index (κ3) is 1.90. The Morgan fingerprint density at radius 1 is 1.31 bits per heavy atom. The average Bonchev–Trinajstić information content (AvgIpc) is 2.53. The van der Waals surface area contributed by atoms with Crippen molar-refractivity contribution in [2.24, 2.45) is 5.92 Å². The first-order chi connectivity index (χ1) is 6.25. The van der Waals surface area contributed by atoms with Crippen LogP contribution in [0.1, 0.15) is 32.1 Å². The van der Waals surface area contributed by atoms with E-state index in [9.17, 15) is 9.59 Å². The number of nitrogens with zero attached hydrogens (tertiary/aromatic N) is 1. The quantitative estimate of drug-likeness (QED) is 0.636. The van der Waals surface area contributed by atoms with Crippen LogP contribution in [0, 0.1) is 5.92 Å². The molecule has 1 aliphatic carbocycles. The molecule has 1 aliphatic heterocycles. The van der Waals surface area contributed by atoms with Crippen LogP contribution in [0.15, 0.2) is 0 Å². The largest absolute Gasteiger partial charge is 0.343 e. The number of likely N-dealkylation sites (tertiary alicyclic amines) is 1. The highest BCUT2D eigenvalue weighted by Crippen LogP contribution is 2.27. The Hall–Kier alpha value is -0.860. The van der Waals surface area contributed by atoms with Gasteiger partial charge in [0.15, 0.2) is 0 Å². The first kappa shape index (κ1) is 8.73. The fraction of sp³-hybridized carbons (Fsp3) is 0.800. The molecule has 13 heavy (non-hydrogen) atoms. The summed E-state index contributed by atoms with van der Waals surface area (Å²) >= 11 is 0. The second-order valence-corrected chi connectivity index (χ2v) is 4.10. The number of Topliss-reactive ketones (excluding diaryl/α,β-unsaturated/α-hetero) is 1.